The summed E-state index contributed by atoms with van der Waals surface area (Å²) >= 11 is 0. The van der Waals surface area contributed by atoms with Crippen LogP contribution in [0.5, 0.6) is 5.75 Å². The van der Waals surface area contributed by atoms with Crippen LogP contribution >= 0.6 is 0 Å². The summed E-state index contributed by atoms with van der Waals surface area (Å²) in [5.74, 6) is 1.16. The van der Waals surface area contributed by atoms with Crippen molar-refractivity contribution in [1.82, 2.24) is 9.80 Å². The Kier molecular flexibility index (Phi) is 7.49. The summed E-state index contributed by atoms with van der Waals surface area (Å²) in [5.41, 5.74) is 2.43. The number of benzene rings is 2. The lowest BCUT2D eigenvalue weighted by atomic mass is 9.93. The van der Waals surface area contributed by atoms with Crippen LogP contribution < -0.4 is 4.74 Å². The number of carbonyl (C=O) groups excluding carboxylic acids is 1. The first-order valence-electron chi connectivity index (χ1n) is 10.4. The van der Waals surface area contributed by atoms with Crippen LogP contribution in [0.15, 0.2) is 54.6 Å². The zero-order valence-corrected chi connectivity index (χ0v) is 17.1. The van der Waals surface area contributed by atoms with E-state index in [-0.39, 0.29) is 5.92 Å². The van der Waals surface area contributed by atoms with Crippen LogP contribution in [-0.4, -0.2) is 49.0 Å². The van der Waals surface area contributed by atoms with Crippen molar-refractivity contribution in [1.29, 1.82) is 0 Å². The molecule has 1 heterocycles. The quantitative estimate of drug-likeness (QED) is 0.717. The van der Waals surface area contributed by atoms with E-state index in [1.54, 1.807) is 7.11 Å². The van der Waals surface area contributed by atoms with Crippen molar-refractivity contribution in [3.05, 3.63) is 65.7 Å². The normalized spacial score (nSPS) is 16.4. The molecule has 1 fully saturated rings. The maximum atomic E-state index is 13.3. The molecule has 1 unspecified atom stereocenters. The van der Waals surface area contributed by atoms with Crippen molar-refractivity contribution in [2.75, 3.05) is 33.3 Å². The summed E-state index contributed by atoms with van der Waals surface area (Å²) in [6.45, 7) is 6.68. The fraction of sp³-hybridized carbons (Fsp3) is 0.458. The Morgan fingerprint density at radius 1 is 1.00 bits per heavy atom. The van der Waals surface area contributed by atoms with E-state index >= 15 is 0 Å². The van der Waals surface area contributed by atoms with E-state index in [1.807, 2.05) is 30.3 Å². The van der Waals surface area contributed by atoms with E-state index in [4.69, 9.17) is 4.74 Å². The monoisotopic (exact) mass is 380 g/mol. The molecule has 2 aromatic rings. The van der Waals surface area contributed by atoms with Crippen molar-refractivity contribution >= 4 is 5.91 Å². The average molecular weight is 381 g/mol. The molecule has 2 aromatic carbocycles. The summed E-state index contributed by atoms with van der Waals surface area (Å²) in [6.07, 6.45) is 2.95. The SMILES string of the molecule is CCCC(C(=O)N1CCCN(Cc2ccc(OC)cc2)CC1)c1ccccc1. The van der Waals surface area contributed by atoms with E-state index in [2.05, 4.69) is 41.0 Å². The summed E-state index contributed by atoms with van der Waals surface area (Å²) in [6, 6.07) is 18.5. The molecular weight excluding hydrogens is 348 g/mol. The first-order valence-corrected chi connectivity index (χ1v) is 10.4. The van der Waals surface area contributed by atoms with Gasteiger partial charge in [-0.3, -0.25) is 9.69 Å². The van der Waals surface area contributed by atoms with Gasteiger partial charge < -0.3 is 9.64 Å². The molecule has 0 N–H and O–H groups in total. The fourth-order valence-corrected chi connectivity index (χ4v) is 3.97. The van der Waals surface area contributed by atoms with Gasteiger partial charge in [-0.1, -0.05) is 55.8 Å². The topological polar surface area (TPSA) is 32.8 Å². The zero-order valence-electron chi connectivity index (χ0n) is 17.1. The highest BCUT2D eigenvalue weighted by Crippen LogP contribution is 2.24. The molecule has 0 aromatic heterocycles. The van der Waals surface area contributed by atoms with Crippen LogP contribution in [0.1, 0.15) is 43.2 Å². The lowest BCUT2D eigenvalue weighted by Gasteiger charge is -2.27. The molecule has 1 amide bonds. The lowest BCUT2D eigenvalue weighted by Crippen LogP contribution is -2.38. The van der Waals surface area contributed by atoms with E-state index in [9.17, 15) is 4.79 Å². The number of hydrogen-bond acceptors (Lipinski definition) is 3. The zero-order chi connectivity index (χ0) is 19.8. The van der Waals surface area contributed by atoms with E-state index < -0.39 is 0 Å². The van der Waals surface area contributed by atoms with Gasteiger partial charge in [-0.05, 0) is 36.1 Å². The van der Waals surface area contributed by atoms with Crippen molar-refractivity contribution in [3.8, 4) is 5.75 Å². The average Bonchev–Trinajstić information content (AvgIpc) is 2.98. The molecule has 3 rings (SSSR count). The smallest absolute Gasteiger partial charge is 0.230 e. The predicted molar refractivity (Wildman–Crippen MR) is 114 cm³/mol. The second kappa shape index (κ2) is 10.3. The van der Waals surface area contributed by atoms with Crippen LogP contribution in [0, 0.1) is 0 Å². The Balaban J connectivity index is 1.60. The van der Waals surface area contributed by atoms with Gasteiger partial charge in [-0.25, -0.2) is 0 Å². The predicted octanol–water partition coefficient (Wildman–Crippen LogP) is 4.31. The van der Waals surface area contributed by atoms with Crippen molar-refractivity contribution in [2.45, 2.75) is 38.6 Å². The number of ether oxygens (including phenoxy) is 1. The summed E-state index contributed by atoms with van der Waals surface area (Å²) in [4.78, 5) is 17.8. The molecule has 1 atom stereocenters. The molecule has 4 heteroatoms. The molecule has 0 saturated carbocycles. The van der Waals surface area contributed by atoms with Gasteiger partial charge in [0.05, 0.1) is 13.0 Å². The molecule has 0 aliphatic carbocycles. The Hall–Kier alpha value is -2.33. The molecule has 150 valence electrons. The van der Waals surface area contributed by atoms with Crippen LogP contribution in [0.25, 0.3) is 0 Å². The maximum absolute atomic E-state index is 13.3. The second-order valence-corrected chi connectivity index (χ2v) is 7.56. The molecular formula is C24H32N2O2. The third kappa shape index (κ3) is 5.35. The maximum Gasteiger partial charge on any atom is 0.230 e. The molecule has 1 saturated heterocycles. The number of carbonyl (C=O) groups is 1. The van der Waals surface area contributed by atoms with Crippen LogP contribution in [0.2, 0.25) is 0 Å². The van der Waals surface area contributed by atoms with Gasteiger partial charge in [0.2, 0.25) is 5.91 Å². The van der Waals surface area contributed by atoms with Gasteiger partial charge in [0.15, 0.2) is 0 Å². The Bertz CT molecular complexity index is 730. The van der Waals surface area contributed by atoms with E-state index in [0.29, 0.717) is 5.91 Å². The first kappa shape index (κ1) is 20.4. The number of hydrogen-bond donors (Lipinski definition) is 0. The van der Waals surface area contributed by atoms with Crippen molar-refractivity contribution in [2.24, 2.45) is 0 Å². The largest absolute Gasteiger partial charge is 0.497 e. The third-order valence-corrected chi connectivity index (χ3v) is 5.54. The number of amides is 1. The minimum atomic E-state index is -0.0145. The molecule has 28 heavy (non-hydrogen) atoms. The van der Waals surface area contributed by atoms with Gasteiger partial charge in [-0.15, -0.1) is 0 Å². The van der Waals surface area contributed by atoms with Gasteiger partial charge in [0, 0.05) is 32.7 Å². The Morgan fingerprint density at radius 2 is 1.75 bits per heavy atom. The number of rotatable bonds is 7. The Morgan fingerprint density at radius 3 is 2.43 bits per heavy atom. The molecule has 1 aliphatic heterocycles. The summed E-state index contributed by atoms with van der Waals surface area (Å²) in [5, 5.41) is 0. The molecule has 1 aliphatic rings. The molecule has 0 spiro atoms. The van der Waals surface area contributed by atoms with Crippen LogP contribution in [0.3, 0.4) is 0 Å². The van der Waals surface area contributed by atoms with Gasteiger partial charge in [-0.2, -0.15) is 0 Å². The third-order valence-electron chi connectivity index (χ3n) is 5.54. The highest BCUT2D eigenvalue weighted by Gasteiger charge is 2.26. The van der Waals surface area contributed by atoms with Crippen molar-refractivity contribution in [3.63, 3.8) is 0 Å². The van der Waals surface area contributed by atoms with Gasteiger partial charge in [0.25, 0.3) is 0 Å². The highest BCUT2D eigenvalue weighted by atomic mass is 16.5. The highest BCUT2D eigenvalue weighted by molar-refractivity contribution is 5.83. The fourth-order valence-electron chi connectivity index (χ4n) is 3.97. The summed E-state index contributed by atoms with van der Waals surface area (Å²) < 4.78 is 5.24. The number of methoxy groups -OCH3 is 1. The second-order valence-electron chi connectivity index (χ2n) is 7.56. The Labute approximate surface area is 169 Å². The van der Waals surface area contributed by atoms with Gasteiger partial charge >= 0.3 is 0 Å². The van der Waals surface area contributed by atoms with E-state index in [0.717, 1.165) is 63.3 Å². The molecule has 0 radical (unpaired) electrons. The minimum absolute atomic E-state index is 0.0145. The van der Waals surface area contributed by atoms with Gasteiger partial charge in [0.1, 0.15) is 5.75 Å². The molecule has 0 bridgehead atoms. The number of nitrogens with zero attached hydrogens (tertiary/aromatic N) is 2. The first-order chi connectivity index (χ1) is 13.7. The summed E-state index contributed by atoms with van der Waals surface area (Å²) in [7, 11) is 1.69. The van der Waals surface area contributed by atoms with Crippen LogP contribution in [-0.2, 0) is 11.3 Å². The minimum Gasteiger partial charge on any atom is -0.497 e. The van der Waals surface area contributed by atoms with E-state index in [1.165, 1.54) is 5.56 Å². The van der Waals surface area contributed by atoms with Crippen molar-refractivity contribution < 1.29 is 9.53 Å². The molecule has 4 nitrogen and oxygen atoms in total. The lowest BCUT2D eigenvalue weighted by molar-refractivity contribution is -0.132. The standard InChI is InChI=1S/C24H32N2O2/c1-3-8-23(21-9-5-4-6-10-21)24(27)26-16-7-15-25(17-18-26)19-20-11-13-22(28-2)14-12-20/h4-6,9-14,23H,3,7-8,15-19H2,1-2H3. The van der Waals surface area contributed by atoms with Crippen LogP contribution in [0.4, 0.5) is 0 Å².